The summed E-state index contributed by atoms with van der Waals surface area (Å²) in [6.07, 6.45) is 1.25. The largest absolute Gasteiger partial charge is 0.412 e. The van der Waals surface area contributed by atoms with Crippen LogP contribution in [0.3, 0.4) is 0 Å². The van der Waals surface area contributed by atoms with E-state index in [1.54, 1.807) is 49.4 Å². The van der Waals surface area contributed by atoms with Crippen LogP contribution in [-0.2, 0) is 0 Å². The van der Waals surface area contributed by atoms with Gasteiger partial charge in [0, 0.05) is 11.1 Å². The van der Waals surface area contributed by atoms with E-state index in [1.165, 1.54) is 13.5 Å². The lowest BCUT2D eigenvalue weighted by Gasteiger charge is -1.99. The number of benzene rings is 2. The zero-order chi connectivity index (χ0) is 22.9. The molecule has 3 rings (SSSR count). The van der Waals surface area contributed by atoms with Crippen LogP contribution in [0.4, 0.5) is 0 Å². The van der Waals surface area contributed by atoms with E-state index in [-0.39, 0.29) is 5.84 Å². The number of rotatable bonds is 4. The Bertz CT molecular complexity index is 852. The van der Waals surface area contributed by atoms with Gasteiger partial charge < -0.3 is 25.7 Å². The first kappa shape index (κ1) is 26.5. The number of hydrogen-bond donors (Lipinski definition) is 5. The molecule has 10 nitrogen and oxygen atoms in total. The Labute approximate surface area is 176 Å². The average Bonchev–Trinajstić information content (AvgIpc) is 3.22. The number of hydrogen-bond acceptors (Lipinski definition) is 9. The topological polar surface area (TPSA) is 185 Å². The zero-order valence-electron chi connectivity index (χ0n) is 17.8. The van der Waals surface area contributed by atoms with Crippen LogP contribution in [-0.4, -0.2) is 23.0 Å². The molecule has 0 unspecified atom stereocenters. The van der Waals surface area contributed by atoms with Gasteiger partial charge in [0.1, 0.15) is 17.3 Å². The molecule has 0 aliphatic carbocycles. The van der Waals surface area contributed by atoms with E-state index in [9.17, 15) is 0 Å². The van der Waals surface area contributed by atoms with Crippen molar-refractivity contribution in [3.05, 3.63) is 59.9 Å². The van der Waals surface area contributed by atoms with Crippen LogP contribution in [0, 0.1) is 12.3 Å². The predicted octanol–water partition coefficient (Wildman–Crippen LogP) is 2.51. The molecule has 0 spiro atoms. The standard InChI is InChI=1S/C9H9N3O2.C7H9N3O.C3H8.CH5N/c1-6-11-9(14-12-6)7-3-2-4-8(5-7)13-10;8-7(9)5-1-3-6(11-10)4-2-5;1-3-2;1-2/h2-5H,10H2,1H3;1-4H,10H2,(H3,8,9);3H2,1-2H3;2H2,1H3. The maximum Gasteiger partial charge on any atom is 0.258 e. The van der Waals surface area contributed by atoms with Gasteiger partial charge in [-0.3, -0.25) is 5.41 Å². The smallest absolute Gasteiger partial charge is 0.258 e. The van der Waals surface area contributed by atoms with Crippen LogP contribution in [0.1, 0.15) is 31.7 Å². The number of aryl methyl sites for hydroxylation is 1. The predicted molar refractivity (Wildman–Crippen MR) is 118 cm³/mol. The Morgan fingerprint density at radius 3 is 2.00 bits per heavy atom. The third kappa shape index (κ3) is 9.64. The van der Waals surface area contributed by atoms with Crippen LogP contribution in [0.5, 0.6) is 11.5 Å². The van der Waals surface area contributed by atoms with E-state index in [0.29, 0.717) is 28.8 Å². The van der Waals surface area contributed by atoms with E-state index in [4.69, 9.17) is 27.5 Å². The maximum absolute atomic E-state index is 7.07. The molecule has 2 aromatic carbocycles. The summed E-state index contributed by atoms with van der Waals surface area (Å²) < 4.78 is 4.99. The SMILES string of the molecule is CCC.CN.Cc1noc(-c2cccc(ON)c2)n1.N=C(N)c1ccc(ON)cc1. The second-order valence-corrected chi connectivity index (χ2v) is 5.56. The fourth-order valence-electron chi connectivity index (χ4n) is 1.83. The normalized spacial score (nSPS) is 8.90. The molecule has 10 heteroatoms. The van der Waals surface area contributed by atoms with Crippen molar-refractivity contribution in [2.24, 2.45) is 23.3 Å². The number of nitrogens with zero attached hydrogens (tertiary/aromatic N) is 2. The maximum atomic E-state index is 7.07. The first-order valence-corrected chi connectivity index (χ1v) is 9.11. The molecule has 3 aromatic rings. The molecular formula is C20H31N7O3. The highest BCUT2D eigenvalue weighted by Gasteiger charge is 2.06. The summed E-state index contributed by atoms with van der Waals surface area (Å²) in [6.45, 7) is 6.01. The van der Waals surface area contributed by atoms with Crippen LogP contribution in [0.15, 0.2) is 53.1 Å². The van der Waals surface area contributed by atoms with Crippen LogP contribution in [0.25, 0.3) is 11.5 Å². The number of nitrogen functional groups attached to an aromatic ring is 1. The summed E-state index contributed by atoms with van der Waals surface area (Å²) in [5, 5.41) is 10.8. The second kappa shape index (κ2) is 15.5. The van der Waals surface area contributed by atoms with Crippen molar-refractivity contribution in [2.45, 2.75) is 27.2 Å². The molecule has 0 atom stereocenters. The van der Waals surface area contributed by atoms with Gasteiger partial charge >= 0.3 is 0 Å². The third-order valence-corrected chi connectivity index (χ3v) is 3.05. The molecule has 164 valence electrons. The highest BCUT2D eigenvalue weighted by atomic mass is 16.6. The van der Waals surface area contributed by atoms with E-state index in [2.05, 4.69) is 39.4 Å². The minimum atomic E-state index is 0.0357. The monoisotopic (exact) mass is 417 g/mol. The van der Waals surface area contributed by atoms with Gasteiger partial charge in [-0.2, -0.15) is 16.8 Å². The minimum Gasteiger partial charge on any atom is -0.412 e. The molecule has 0 saturated carbocycles. The van der Waals surface area contributed by atoms with E-state index in [0.717, 1.165) is 5.56 Å². The molecule has 0 aliphatic heterocycles. The first-order valence-electron chi connectivity index (χ1n) is 9.11. The van der Waals surface area contributed by atoms with Gasteiger partial charge in [0.2, 0.25) is 0 Å². The molecule has 0 saturated heterocycles. The summed E-state index contributed by atoms with van der Waals surface area (Å²) >= 11 is 0. The third-order valence-electron chi connectivity index (χ3n) is 3.05. The summed E-state index contributed by atoms with van der Waals surface area (Å²) in [5.41, 5.74) is 11.2. The molecule has 0 bridgehead atoms. The van der Waals surface area contributed by atoms with Crippen molar-refractivity contribution in [3.63, 3.8) is 0 Å². The summed E-state index contributed by atoms with van der Waals surface area (Å²) in [5.74, 6) is 12.1. The summed E-state index contributed by atoms with van der Waals surface area (Å²) in [6, 6.07) is 13.8. The zero-order valence-corrected chi connectivity index (χ0v) is 17.8. The van der Waals surface area contributed by atoms with Crippen molar-refractivity contribution < 1.29 is 14.2 Å². The molecule has 0 amide bonds. The van der Waals surface area contributed by atoms with E-state index < -0.39 is 0 Å². The van der Waals surface area contributed by atoms with Gasteiger partial charge in [-0.05, 0) is 56.4 Å². The Morgan fingerprint density at radius 1 is 1.00 bits per heavy atom. The highest BCUT2D eigenvalue weighted by Crippen LogP contribution is 2.21. The first-order chi connectivity index (χ1) is 14.4. The van der Waals surface area contributed by atoms with Crippen molar-refractivity contribution in [1.29, 1.82) is 5.41 Å². The van der Waals surface area contributed by atoms with Crippen molar-refractivity contribution >= 4 is 5.84 Å². The quantitative estimate of drug-likeness (QED) is 0.241. The second-order valence-electron chi connectivity index (χ2n) is 5.56. The van der Waals surface area contributed by atoms with Crippen LogP contribution in [0.2, 0.25) is 0 Å². The van der Waals surface area contributed by atoms with E-state index in [1.807, 2.05) is 6.07 Å². The van der Waals surface area contributed by atoms with Gasteiger partial charge in [-0.15, -0.1) is 0 Å². The van der Waals surface area contributed by atoms with Gasteiger partial charge in [0.25, 0.3) is 5.89 Å². The Balaban J connectivity index is 0.000000472. The molecule has 1 heterocycles. The Hall–Kier alpha value is -3.47. The molecule has 0 radical (unpaired) electrons. The van der Waals surface area contributed by atoms with E-state index >= 15 is 0 Å². The van der Waals surface area contributed by atoms with Gasteiger partial charge in [0.05, 0.1) is 0 Å². The summed E-state index contributed by atoms with van der Waals surface area (Å²) in [7, 11) is 1.50. The highest BCUT2D eigenvalue weighted by molar-refractivity contribution is 5.94. The fourth-order valence-corrected chi connectivity index (χ4v) is 1.83. The average molecular weight is 418 g/mol. The lowest BCUT2D eigenvalue weighted by molar-refractivity contribution is 0.334. The minimum absolute atomic E-state index is 0.0357. The number of amidine groups is 1. The lowest BCUT2D eigenvalue weighted by Crippen LogP contribution is -2.10. The molecule has 0 fully saturated rings. The van der Waals surface area contributed by atoms with Gasteiger partial charge in [-0.25, -0.2) is 0 Å². The molecule has 1 aromatic heterocycles. The van der Waals surface area contributed by atoms with Crippen molar-refractivity contribution in [3.8, 4) is 23.0 Å². The van der Waals surface area contributed by atoms with Gasteiger partial charge in [0.15, 0.2) is 5.82 Å². The number of nitrogens with two attached hydrogens (primary N) is 4. The molecule has 9 N–H and O–H groups in total. The Morgan fingerprint density at radius 2 is 1.57 bits per heavy atom. The number of aromatic nitrogens is 2. The van der Waals surface area contributed by atoms with Gasteiger partial charge in [-0.1, -0.05) is 31.5 Å². The number of nitrogens with one attached hydrogen (secondary N) is 1. The van der Waals surface area contributed by atoms with Crippen molar-refractivity contribution in [2.75, 3.05) is 7.05 Å². The Kier molecular flexibility index (Phi) is 13.7. The van der Waals surface area contributed by atoms with Crippen molar-refractivity contribution in [1.82, 2.24) is 10.1 Å². The molecular weight excluding hydrogens is 386 g/mol. The lowest BCUT2D eigenvalue weighted by atomic mass is 10.2. The molecule has 0 aliphatic rings. The summed E-state index contributed by atoms with van der Waals surface area (Å²) in [4.78, 5) is 13.1. The van der Waals surface area contributed by atoms with Crippen LogP contribution < -0.4 is 32.9 Å². The fraction of sp³-hybridized carbons (Fsp3) is 0.250. The molecule has 30 heavy (non-hydrogen) atoms. The van der Waals surface area contributed by atoms with Crippen LogP contribution >= 0.6 is 0 Å².